The molecule has 1 heterocycles. The zero-order valence-corrected chi connectivity index (χ0v) is 11.6. The van der Waals surface area contributed by atoms with E-state index in [9.17, 15) is 5.11 Å². The van der Waals surface area contributed by atoms with Crippen LogP contribution in [0.2, 0.25) is 0 Å². The first-order valence-electron chi connectivity index (χ1n) is 6.31. The second-order valence-corrected chi connectivity index (χ2v) is 5.16. The minimum Gasteiger partial charge on any atom is -0.508 e. The Hall–Kier alpha value is -2.33. The number of nitrogens with two attached hydrogens (primary N) is 1. The fraction of sp³-hybridized carbons (Fsp3) is 0.0625. The van der Waals surface area contributed by atoms with Gasteiger partial charge in [0.1, 0.15) is 10.7 Å². The molecule has 3 nitrogen and oxygen atoms in total. The van der Waals surface area contributed by atoms with Gasteiger partial charge in [-0.2, -0.15) is 0 Å². The molecule has 0 saturated heterocycles. The minimum absolute atomic E-state index is 0.280. The highest BCUT2D eigenvalue weighted by Gasteiger charge is 2.07. The Morgan fingerprint density at radius 1 is 1.15 bits per heavy atom. The lowest BCUT2D eigenvalue weighted by Gasteiger charge is -2.07. The first-order valence-corrected chi connectivity index (χ1v) is 6.71. The summed E-state index contributed by atoms with van der Waals surface area (Å²) in [5.74, 6) is 0.280. The minimum atomic E-state index is 0.280. The van der Waals surface area contributed by atoms with Crippen LogP contribution in [-0.2, 0) is 6.54 Å². The number of rotatable bonds is 3. The van der Waals surface area contributed by atoms with Crippen LogP contribution < -0.4 is 5.73 Å². The molecule has 3 rings (SSSR count). The quantitative estimate of drug-likeness (QED) is 0.726. The highest BCUT2D eigenvalue weighted by molar-refractivity contribution is 7.80. The number of aromatic hydroxyl groups is 1. The summed E-state index contributed by atoms with van der Waals surface area (Å²) in [5, 5.41) is 10.6. The lowest BCUT2D eigenvalue weighted by molar-refractivity contribution is 0.474. The molecule has 0 unspecified atom stereocenters. The Morgan fingerprint density at radius 3 is 2.70 bits per heavy atom. The van der Waals surface area contributed by atoms with Gasteiger partial charge in [-0.1, -0.05) is 36.5 Å². The number of phenolic OH excluding ortho intramolecular Hbond substituents is 1. The van der Waals surface area contributed by atoms with Gasteiger partial charge in [-0.15, -0.1) is 0 Å². The molecule has 3 aromatic rings. The number of phenols is 1. The van der Waals surface area contributed by atoms with Crippen LogP contribution in [0.3, 0.4) is 0 Å². The zero-order valence-electron chi connectivity index (χ0n) is 10.8. The van der Waals surface area contributed by atoms with Crippen LogP contribution >= 0.6 is 12.2 Å². The van der Waals surface area contributed by atoms with Gasteiger partial charge in [-0.05, 0) is 29.8 Å². The van der Waals surface area contributed by atoms with E-state index in [0.29, 0.717) is 11.5 Å². The first kappa shape index (κ1) is 12.7. The average Bonchev–Trinajstić information content (AvgIpc) is 2.82. The summed E-state index contributed by atoms with van der Waals surface area (Å²) in [6.07, 6.45) is 2.01. The highest BCUT2D eigenvalue weighted by Crippen LogP contribution is 2.22. The van der Waals surface area contributed by atoms with E-state index in [1.54, 1.807) is 12.1 Å². The summed E-state index contributed by atoms with van der Waals surface area (Å²) in [4.78, 5) is 0.408. The molecule has 0 aliphatic heterocycles. The summed E-state index contributed by atoms with van der Waals surface area (Å²) < 4.78 is 2.12. The van der Waals surface area contributed by atoms with E-state index in [-0.39, 0.29) is 5.75 Å². The molecule has 3 N–H and O–H groups in total. The van der Waals surface area contributed by atoms with Gasteiger partial charge in [0.15, 0.2) is 0 Å². The third-order valence-corrected chi connectivity index (χ3v) is 3.56. The molecule has 0 fully saturated rings. The Bertz CT molecular complexity index is 792. The van der Waals surface area contributed by atoms with Gasteiger partial charge in [0.25, 0.3) is 0 Å². The van der Waals surface area contributed by atoms with Crippen molar-refractivity contribution in [3.8, 4) is 5.75 Å². The molecule has 0 atom stereocenters. The van der Waals surface area contributed by atoms with Crippen LogP contribution in [0.4, 0.5) is 0 Å². The fourth-order valence-corrected chi connectivity index (χ4v) is 2.61. The molecule has 0 saturated carbocycles. The van der Waals surface area contributed by atoms with Gasteiger partial charge in [0, 0.05) is 29.2 Å². The van der Waals surface area contributed by atoms with E-state index >= 15 is 0 Å². The maximum absolute atomic E-state index is 9.53. The monoisotopic (exact) mass is 282 g/mol. The molecule has 1 aromatic heterocycles. The molecule has 0 radical (unpaired) electrons. The van der Waals surface area contributed by atoms with Crippen molar-refractivity contribution in [1.82, 2.24) is 4.57 Å². The van der Waals surface area contributed by atoms with E-state index in [4.69, 9.17) is 18.0 Å². The molecule has 100 valence electrons. The second kappa shape index (κ2) is 4.98. The van der Waals surface area contributed by atoms with E-state index < -0.39 is 0 Å². The number of thiocarbonyl (C=S) groups is 1. The third-order valence-electron chi connectivity index (χ3n) is 3.34. The number of nitrogens with zero attached hydrogens (tertiary/aromatic N) is 1. The summed E-state index contributed by atoms with van der Waals surface area (Å²) in [6, 6.07) is 15.2. The third kappa shape index (κ3) is 2.26. The maximum Gasteiger partial charge on any atom is 0.115 e. The van der Waals surface area contributed by atoms with Crippen LogP contribution in [0.1, 0.15) is 11.1 Å². The van der Waals surface area contributed by atoms with Crippen molar-refractivity contribution < 1.29 is 5.11 Å². The Kier molecular flexibility index (Phi) is 3.16. The number of aromatic nitrogens is 1. The Morgan fingerprint density at radius 2 is 1.95 bits per heavy atom. The molecular weight excluding hydrogens is 268 g/mol. The topological polar surface area (TPSA) is 51.2 Å². The van der Waals surface area contributed by atoms with Crippen molar-refractivity contribution in [2.24, 2.45) is 5.73 Å². The average molecular weight is 282 g/mol. The molecule has 0 amide bonds. The SMILES string of the molecule is NC(=S)c1cccc2c1ccn2Cc1cccc(O)c1. The normalized spacial score (nSPS) is 10.8. The summed E-state index contributed by atoms with van der Waals surface area (Å²) >= 11 is 5.08. The van der Waals surface area contributed by atoms with Gasteiger partial charge in [0.2, 0.25) is 0 Å². The van der Waals surface area contributed by atoms with Crippen LogP contribution in [0, 0.1) is 0 Å². The van der Waals surface area contributed by atoms with Gasteiger partial charge < -0.3 is 15.4 Å². The largest absolute Gasteiger partial charge is 0.508 e. The smallest absolute Gasteiger partial charge is 0.115 e. The molecule has 2 aromatic carbocycles. The van der Waals surface area contributed by atoms with Crippen LogP contribution in [0.5, 0.6) is 5.75 Å². The lowest BCUT2D eigenvalue weighted by Crippen LogP contribution is -2.09. The van der Waals surface area contributed by atoms with Gasteiger partial charge in [-0.3, -0.25) is 0 Å². The van der Waals surface area contributed by atoms with Crippen LogP contribution in [0.25, 0.3) is 10.9 Å². The predicted octanol–water partition coefficient (Wildman–Crippen LogP) is 3.03. The highest BCUT2D eigenvalue weighted by atomic mass is 32.1. The summed E-state index contributed by atoms with van der Waals surface area (Å²) in [6.45, 7) is 0.693. The van der Waals surface area contributed by atoms with Crippen molar-refractivity contribution in [1.29, 1.82) is 0 Å². The first-order chi connectivity index (χ1) is 9.65. The number of hydrogen-bond donors (Lipinski definition) is 2. The van der Waals surface area contributed by atoms with Crippen LogP contribution in [-0.4, -0.2) is 14.7 Å². The summed E-state index contributed by atoms with van der Waals surface area (Å²) in [7, 11) is 0. The Balaban J connectivity index is 2.05. The maximum atomic E-state index is 9.53. The molecule has 0 bridgehead atoms. The van der Waals surface area contributed by atoms with Gasteiger partial charge in [0.05, 0.1) is 0 Å². The molecule has 4 heteroatoms. The van der Waals surface area contributed by atoms with E-state index in [1.165, 1.54) is 0 Å². The van der Waals surface area contributed by atoms with Crippen molar-refractivity contribution in [2.45, 2.75) is 6.54 Å². The Labute approximate surface area is 122 Å². The van der Waals surface area contributed by atoms with E-state index in [0.717, 1.165) is 22.0 Å². The number of hydrogen-bond acceptors (Lipinski definition) is 2. The van der Waals surface area contributed by atoms with Crippen molar-refractivity contribution in [2.75, 3.05) is 0 Å². The van der Waals surface area contributed by atoms with Crippen molar-refractivity contribution >= 4 is 28.1 Å². The standard InChI is InChI=1S/C16H14N2OS/c17-16(20)14-5-2-6-15-13(14)7-8-18(15)10-11-3-1-4-12(19)9-11/h1-9,19H,10H2,(H2,17,20). The molecule has 20 heavy (non-hydrogen) atoms. The van der Waals surface area contributed by atoms with Crippen molar-refractivity contribution in [3.05, 3.63) is 65.9 Å². The van der Waals surface area contributed by atoms with Crippen LogP contribution in [0.15, 0.2) is 54.7 Å². The fourth-order valence-electron chi connectivity index (χ4n) is 2.43. The number of fused-ring (bicyclic) bond motifs is 1. The van der Waals surface area contributed by atoms with Gasteiger partial charge >= 0.3 is 0 Å². The van der Waals surface area contributed by atoms with E-state index in [2.05, 4.69) is 4.57 Å². The van der Waals surface area contributed by atoms with Gasteiger partial charge in [-0.25, -0.2) is 0 Å². The lowest BCUT2D eigenvalue weighted by atomic mass is 10.1. The summed E-state index contributed by atoms with van der Waals surface area (Å²) in [5.41, 5.74) is 8.77. The molecular formula is C16H14N2OS. The second-order valence-electron chi connectivity index (χ2n) is 4.72. The zero-order chi connectivity index (χ0) is 14.1. The number of benzene rings is 2. The molecule has 0 aliphatic rings. The van der Waals surface area contributed by atoms with E-state index in [1.807, 2.05) is 42.6 Å². The predicted molar refractivity (Wildman–Crippen MR) is 85.0 cm³/mol. The van der Waals surface area contributed by atoms with Crippen molar-refractivity contribution in [3.63, 3.8) is 0 Å². The molecule has 0 spiro atoms. The molecule has 0 aliphatic carbocycles.